The number of carbonyl (C=O) groups excluding carboxylic acids is 1. The van der Waals surface area contributed by atoms with Gasteiger partial charge in [0.05, 0.1) is 7.11 Å². The molecule has 0 saturated heterocycles. The lowest BCUT2D eigenvalue weighted by molar-refractivity contribution is 0.0939. The minimum absolute atomic E-state index is 0.0439. The number of carbonyl (C=O) groups is 1. The summed E-state index contributed by atoms with van der Waals surface area (Å²) in [5, 5.41) is 0. The van der Waals surface area contributed by atoms with Gasteiger partial charge in [-0.1, -0.05) is 50.2 Å². The molecule has 0 unspecified atom stereocenters. The van der Waals surface area contributed by atoms with E-state index in [-0.39, 0.29) is 11.7 Å². The summed E-state index contributed by atoms with van der Waals surface area (Å²) in [6.07, 6.45) is 0.861. The van der Waals surface area contributed by atoms with E-state index >= 15 is 0 Å². The average molecular weight is 268 g/mol. The van der Waals surface area contributed by atoms with Crippen LogP contribution in [0.15, 0.2) is 48.5 Å². The molecule has 0 aliphatic heterocycles. The van der Waals surface area contributed by atoms with Crippen LogP contribution in [-0.4, -0.2) is 12.9 Å². The molecule has 20 heavy (non-hydrogen) atoms. The SMILES string of the molecule is COc1ccc(Cc2ccc(C(=O)C(C)C)cc2)cc1. The monoisotopic (exact) mass is 268 g/mol. The van der Waals surface area contributed by atoms with Crippen LogP contribution in [0.5, 0.6) is 5.75 Å². The Kier molecular flexibility index (Phi) is 4.57. The molecule has 0 atom stereocenters. The molecule has 0 bridgehead atoms. The van der Waals surface area contributed by atoms with Gasteiger partial charge in [-0.25, -0.2) is 0 Å². The van der Waals surface area contributed by atoms with Crippen LogP contribution in [0, 0.1) is 5.92 Å². The van der Waals surface area contributed by atoms with Gasteiger partial charge in [0.15, 0.2) is 5.78 Å². The lowest BCUT2D eigenvalue weighted by Crippen LogP contribution is -2.07. The third kappa shape index (κ3) is 3.47. The Morgan fingerprint density at radius 2 is 1.45 bits per heavy atom. The number of hydrogen-bond donors (Lipinski definition) is 0. The van der Waals surface area contributed by atoms with Crippen LogP contribution < -0.4 is 4.74 Å². The number of rotatable bonds is 5. The van der Waals surface area contributed by atoms with Crippen LogP contribution >= 0.6 is 0 Å². The second-order valence-corrected chi connectivity index (χ2v) is 5.24. The third-order valence-electron chi connectivity index (χ3n) is 3.33. The van der Waals surface area contributed by atoms with Crippen molar-refractivity contribution in [1.82, 2.24) is 0 Å². The molecule has 0 fully saturated rings. The zero-order valence-corrected chi connectivity index (χ0v) is 12.2. The zero-order valence-electron chi connectivity index (χ0n) is 12.2. The topological polar surface area (TPSA) is 26.3 Å². The third-order valence-corrected chi connectivity index (χ3v) is 3.33. The van der Waals surface area contributed by atoms with Gasteiger partial charge in [-0.15, -0.1) is 0 Å². The summed E-state index contributed by atoms with van der Waals surface area (Å²) in [6, 6.07) is 15.9. The minimum atomic E-state index is 0.0439. The number of ether oxygens (including phenoxy) is 1. The molecule has 0 N–H and O–H groups in total. The van der Waals surface area contributed by atoms with Gasteiger partial charge < -0.3 is 4.74 Å². The number of hydrogen-bond acceptors (Lipinski definition) is 2. The van der Waals surface area contributed by atoms with E-state index in [1.165, 1.54) is 11.1 Å². The van der Waals surface area contributed by atoms with E-state index in [9.17, 15) is 4.79 Å². The van der Waals surface area contributed by atoms with Gasteiger partial charge >= 0.3 is 0 Å². The highest BCUT2D eigenvalue weighted by atomic mass is 16.5. The van der Waals surface area contributed by atoms with E-state index in [1.54, 1.807) is 7.11 Å². The van der Waals surface area contributed by atoms with Gasteiger partial charge in [0, 0.05) is 11.5 Å². The first-order valence-corrected chi connectivity index (χ1v) is 6.86. The van der Waals surface area contributed by atoms with Crippen molar-refractivity contribution in [2.45, 2.75) is 20.3 Å². The first kappa shape index (κ1) is 14.3. The summed E-state index contributed by atoms with van der Waals surface area (Å²) in [5.41, 5.74) is 3.22. The summed E-state index contributed by atoms with van der Waals surface area (Å²) in [4.78, 5) is 11.9. The van der Waals surface area contributed by atoms with Gasteiger partial charge in [0.25, 0.3) is 0 Å². The van der Waals surface area contributed by atoms with Crippen LogP contribution in [-0.2, 0) is 6.42 Å². The molecule has 0 spiro atoms. The number of benzene rings is 2. The van der Waals surface area contributed by atoms with Crippen molar-refractivity contribution in [2.24, 2.45) is 5.92 Å². The predicted molar refractivity (Wildman–Crippen MR) is 81.4 cm³/mol. The van der Waals surface area contributed by atoms with Crippen molar-refractivity contribution in [3.05, 3.63) is 65.2 Å². The minimum Gasteiger partial charge on any atom is -0.497 e. The summed E-state index contributed by atoms with van der Waals surface area (Å²) < 4.78 is 5.15. The van der Waals surface area contributed by atoms with Gasteiger partial charge in [0.2, 0.25) is 0 Å². The molecule has 104 valence electrons. The maximum atomic E-state index is 11.9. The number of methoxy groups -OCH3 is 1. The van der Waals surface area contributed by atoms with Crippen molar-refractivity contribution >= 4 is 5.78 Å². The molecule has 2 nitrogen and oxygen atoms in total. The van der Waals surface area contributed by atoms with Crippen molar-refractivity contribution in [3.63, 3.8) is 0 Å². The smallest absolute Gasteiger partial charge is 0.165 e. The molecule has 0 aliphatic rings. The van der Waals surface area contributed by atoms with Crippen LogP contribution in [0.2, 0.25) is 0 Å². The van der Waals surface area contributed by atoms with Crippen molar-refractivity contribution in [3.8, 4) is 5.75 Å². The van der Waals surface area contributed by atoms with E-state index < -0.39 is 0 Å². The maximum Gasteiger partial charge on any atom is 0.165 e. The van der Waals surface area contributed by atoms with E-state index in [0.29, 0.717) is 0 Å². The summed E-state index contributed by atoms with van der Waals surface area (Å²) in [7, 11) is 1.67. The van der Waals surface area contributed by atoms with Crippen LogP contribution in [0.25, 0.3) is 0 Å². The zero-order chi connectivity index (χ0) is 14.5. The number of Topliss-reactive ketones (excluding diaryl/α,β-unsaturated/α-hetero) is 1. The quantitative estimate of drug-likeness (QED) is 0.762. The Morgan fingerprint density at radius 3 is 1.90 bits per heavy atom. The molecule has 0 radical (unpaired) electrons. The summed E-state index contributed by atoms with van der Waals surface area (Å²) in [5.74, 6) is 1.11. The van der Waals surface area contributed by atoms with Gasteiger partial charge in [-0.05, 0) is 29.7 Å². The van der Waals surface area contributed by atoms with Crippen molar-refractivity contribution in [2.75, 3.05) is 7.11 Å². The Hall–Kier alpha value is -2.09. The molecule has 0 amide bonds. The van der Waals surface area contributed by atoms with Gasteiger partial charge in [-0.2, -0.15) is 0 Å². The fraction of sp³-hybridized carbons (Fsp3) is 0.278. The Labute approximate surface area is 120 Å². The molecular formula is C18H20O2. The van der Waals surface area contributed by atoms with E-state index in [4.69, 9.17) is 4.74 Å². The largest absolute Gasteiger partial charge is 0.497 e. The molecule has 0 aliphatic carbocycles. The van der Waals surface area contributed by atoms with Crippen molar-refractivity contribution < 1.29 is 9.53 Å². The highest BCUT2D eigenvalue weighted by Gasteiger charge is 2.09. The fourth-order valence-electron chi connectivity index (χ4n) is 2.10. The van der Waals surface area contributed by atoms with E-state index in [2.05, 4.69) is 12.1 Å². The normalized spacial score (nSPS) is 10.6. The first-order valence-electron chi connectivity index (χ1n) is 6.86. The Bertz CT molecular complexity index is 565. The molecule has 0 saturated carbocycles. The molecule has 2 heteroatoms. The summed E-state index contributed by atoms with van der Waals surface area (Å²) in [6.45, 7) is 3.85. The Balaban J connectivity index is 2.08. The van der Waals surface area contributed by atoms with Gasteiger partial charge in [-0.3, -0.25) is 4.79 Å². The average Bonchev–Trinajstić information content (AvgIpc) is 2.48. The van der Waals surface area contributed by atoms with Crippen LogP contribution in [0.4, 0.5) is 0 Å². The number of ketones is 1. The first-order chi connectivity index (χ1) is 9.60. The molecule has 2 aromatic carbocycles. The highest BCUT2D eigenvalue weighted by Crippen LogP contribution is 2.16. The Morgan fingerprint density at radius 1 is 0.950 bits per heavy atom. The summed E-state index contributed by atoms with van der Waals surface area (Å²) >= 11 is 0. The second kappa shape index (κ2) is 6.38. The standard InChI is InChI=1S/C18H20O2/c1-13(2)18(19)16-8-4-14(5-9-16)12-15-6-10-17(20-3)11-7-15/h4-11,13H,12H2,1-3H3. The molecular weight excluding hydrogens is 248 g/mol. The van der Waals surface area contributed by atoms with Crippen molar-refractivity contribution in [1.29, 1.82) is 0 Å². The molecule has 2 rings (SSSR count). The predicted octanol–water partition coefficient (Wildman–Crippen LogP) is 4.12. The fourth-order valence-corrected chi connectivity index (χ4v) is 2.10. The maximum absolute atomic E-state index is 11.9. The highest BCUT2D eigenvalue weighted by molar-refractivity contribution is 5.97. The van der Waals surface area contributed by atoms with Crippen LogP contribution in [0.1, 0.15) is 35.3 Å². The van der Waals surface area contributed by atoms with Gasteiger partial charge in [0.1, 0.15) is 5.75 Å². The second-order valence-electron chi connectivity index (χ2n) is 5.24. The lowest BCUT2D eigenvalue weighted by atomic mass is 9.98. The molecule has 2 aromatic rings. The molecule has 0 aromatic heterocycles. The lowest BCUT2D eigenvalue weighted by Gasteiger charge is -2.07. The van der Waals surface area contributed by atoms with E-state index in [1.807, 2.05) is 50.2 Å². The van der Waals surface area contributed by atoms with Crippen LogP contribution in [0.3, 0.4) is 0 Å². The molecule has 0 heterocycles. The van der Waals surface area contributed by atoms with E-state index in [0.717, 1.165) is 17.7 Å².